The molecule has 2 rings (SSSR count). The average Bonchev–Trinajstić information content (AvgIpc) is 2.72. The van der Waals surface area contributed by atoms with Gasteiger partial charge < -0.3 is 0 Å². The third-order valence-corrected chi connectivity index (χ3v) is 5.49. The number of nitrogens with zero attached hydrogens (tertiary/aromatic N) is 1. The van der Waals surface area contributed by atoms with Crippen LogP contribution in [-0.2, 0) is 24.1 Å². The highest BCUT2D eigenvalue weighted by Crippen LogP contribution is 2.36. The first-order chi connectivity index (χ1) is 9.68. The summed E-state index contributed by atoms with van der Waals surface area (Å²) >= 11 is 0. The van der Waals surface area contributed by atoms with E-state index in [-0.39, 0.29) is 6.61 Å². The van der Waals surface area contributed by atoms with Gasteiger partial charge in [0.2, 0.25) is 0 Å². The number of aliphatic imine (C=N–C) groups is 1. The van der Waals surface area contributed by atoms with Gasteiger partial charge in [0.05, 0.1) is 12.9 Å². The first kappa shape index (κ1) is 16.6. The molecule has 0 N–H and O–H groups in total. The standard InChI is InChI=1S/C13H21NO5S2/c1-20(15,16)13-11(7-5-9-19-21(2,17)18)10-6-3-4-8-12(10)14-13/h13H,3-9H2,1-2H3. The molecule has 1 fully saturated rings. The third-order valence-electron chi connectivity index (χ3n) is 3.69. The Hall–Kier alpha value is -0.730. The molecule has 1 unspecified atom stereocenters. The molecular weight excluding hydrogens is 314 g/mol. The van der Waals surface area contributed by atoms with Crippen molar-refractivity contribution < 1.29 is 21.0 Å². The van der Waals surface area contributed by atoms with Crippen LogP contribution < -0.4 is 0 Å². The lowest BCUT2D eigenvalue weighted by Crippen LogP contribution is -2.19. The molecule has 6 nitrogen and oxygen atoms in total. The topological polar surface area (TPSA) is 89.9 Å². The van der Waals surface area contributed by atoms with Crippen LogP contribution >= 0.6 is 0 Å². The minimum Gasteiger partial charge on any atom is -0.270 e. The third kappa shape index (κ3) is 4.37. The van der Waals surface area contributed by atoms with Gasteiger partial charge in [-0.1, -0.05) is 0 Å². The van der Waals surface area contributed by atoms with Gasteiger partial charge in [0.15, 0.2) is 15.2 Å². The number of hydrogen-bond donors (Lipinski definition) is 0. The molecule has 0 amide bonds. The molecule has 0 aromatic rings. The lowest BCUT2D eigenvalue weighted by Gasteiger charge is -2.16. The van der Waals surface area contributed by atoms with Gasteiger partial charge in [-0.25, -0.2) is 8.42 Å². The molecule has 1 aliphatic carbocycles. The normalized spacial score (nSPS) is 23.1. The summed E-state index contributed by atoms with van der Waals surface area (Å²) in [6, 6.07) is 0. The van der Waals surface area contributed by atoms with Crippen molar-refractivity contribution in [2.24, 2.45) is 4.99 Å². The van der Waals surface area contributed by atoms with Crippen LogP contribution in [0.4, 0.5) is 0 Å². The maximum atomic E-state index is 11.9. The lowest BCUT2D eigenvalue weighted by molar-refractivity contribution is 0.315. The van der Waals surface area contributed by atoms with Crippen LogP contribution in [0.2, 0.25) is 0 Å². The van der Waals surface area contributed by atoms with Crippen LogP contribution in [0.15, 0.2) is 16.1 Å². The molecule has 2 aliphatic rings. The Morgan fingerprint density at radius 2 is 1.81 bits per heavy atom. The zero-order chi connectivity index (χ0) is 15.7. The molecule has 1 atom stereocenters. The van der Waals surface area contributed by atoms with Gasteiger partial charge in [-0.15, -0.1) is 0 Å². The molecule has 0 bridgehead atoms. The molecular formula is C13H21NO5S2. The SMILES string of the molecule is CS(=O)(=O)OCCCC1=C2CCCCC2=NC1S(C)(=O)=O. The second kappa shape index (κ2) is 6.18. The van der Waals surface area contributed by atoms with Crippen molar-refractivity contribution in [1.82, 2.24) is 0 Å². The number of allylic oxidation sites excluding steroid dienone is 1. The molecule has 21 heavy (non-hydrogen) atoms. The molecule has 1 aliphatic heterocycles. The molecule has 0 radical (unpaired) electrons. The van der Waals surface area contributed by atoms with Crippen molar-refractivity contribution in [2.45, 2.75) is 43.9 Å². The van der Waals surface area contributed by atoms with Gasteiger partial charge in [0.1, 0.15) is 0 Å². The summed E-state index contributed by atoms with van der Waals surface area (Å²) in [5.74, 6) is 0. The summed E-state index contributed by atoms with van der Waals surface area (Å²) in [5, 5.41) is -0.779. The van der Waals surface area contributed by atoms with Crippen molar-refractivity contribution in [3.8, 4) is 0 Å². The fourth-order valence-electron chi connectivity index (χ4n) is 2.85. The number of fused-ring (bicyclic) bond motifs is 1. The van der Waals surface area contributed by atoms with E-state index >= 15 is 0 Å². The van der Waals surface area contributed by atoms with Crippen molar-refractivity contribution >= 4 is 25.7 Å². The Morgan fingerprint density at radius 3 is 2.43 bits per heavy atom. The van der Waals surface area contributed by atoms with Crippen LogP contribution in [0, 0.1) is 0 Å². The first-order valence-corrected chi connectivity index (χ1v) is 10.8. The average molecular weight is 335 g/mol. The Bertz CT molecular complexity index is 673. The summed E-state index contributed by atoms with van der Waals surface area (Å²) < 4.78 is 50.4. The highest BCUT2D eigenvalue weighted by Gasteiger charge is 2.34. The molecule has 120 valence electrons. The zero-order valence-corrected chi connectivity index (χ0v) is 14.0. The Kier molecular flexibility index (Phi) is 4.89. The van der Waals surface area contributed by atoms with Crippen LogP contribution in [0.3, 0.4) is 0 Å². The summed E-state index contributed by atoms with van der Waals surface area (Å²) in [6.45, 7) is 0.0709. The van der Waals surface area contributed by atoms with E-state index in [4.69, 9.17) is 4.18 Å². The number of sulfone groups is 1. The second-order valence-electron chi connectivity index (χ2n) is 5.60. The Balaban J connectivity index is 2.10. The van der Waals surface area contributed by atoms with E-state index in [0.29, 0.717) is 12.8 Å². The van der Waals surface area contributed by atoms with Gasteiger partial charge >= 0.3 is 0 Å². The predicted octanol–water partition coefficient (Wildman–Crippen LogP) is 1.44. The zero-order valence-electron chi connectivity index (χ0n) is 12.3. The van der Waals surface area contributed by atoms with E-state index in [1.807, 2.05) is 0 Å². The fourth-order valence-corrected chi connectivity index (χ4v) is 4.36. The van der Waals surface area contributed by atoms with Gasteiger partial charge in [-0.3, -0.25) is 9.18 Å². The van der Waals surface area contributed by atoms with Gasteiger partial charge in [-0.05, 0) is 49.7 Å². The van der Waals surface area contributed by atoms with Crippen LogP contribution in [0.1, 0.15) is 38.5 Å². The summed E-state index contributed by atoms with van der Waals surface area (Å²) in [6.07, 6.45) is 6.99. The quantitative estimate of drug-likeness (QED) is 0.541. The smallest absolute Gasteiger partial charge is 0.264 e. The van der Waals surface area contributed by atoms with Crippen LogP contribution in [0.25, 0.3) is 0 Å². The highest BCUT2D eigenvalue weighted by atomic mass is 32.2. The monoisotopic (exact) mass is 335 g/mol. The first-order valence-electron chi connectivity index (χ1n) is 7.01. The van der Waals surface area contributed by atoms with Crippen molar-refractivity contribution in [3.63, 3.8) is 0 Å². The maximum absolute atomic E-state index is 11.9. The van der Waals surface area contributed by atoms with E-state index in [2.05, 4.69) is 4.99 Å². The second-order valence-corrected chi connectivity index (χ2v) is 9.35. The van der Waals surface area contributed by atoms with Crippen LogP contribution in [-0.4, -0.2) is 47.0 Å². The van der Waals surface area contributed by atoms with E-state index in [0.717, 1.165) is 48.8 Å². The van der Waals surface area contributed by atoms with Crippen LogP contribution in [0.5, 0.6) is 0 Å². The minimum atomic E-state index is -3.45. The van der Waals surface area contributed by atoms with Crippen molar-refractivity contribution in [1.29, 1.82) is 0 Å². The molecule has 1 heterocycles. The highest BCUT2D eigenvalue weighted by molar-refractivity contribution is 7.91. The minimum absolute atomic E-state index is 0.0709. The predicted molar refractivity (Wildman–Crippen MR) is 81.6 cm³/mol. The van der Waals surface area contributed by atoms with E-state index < -0.39 is 25.3 Å². The van der Waals surface area contributed by atoms with E-state index in [1.54, 1.807) is 0 Å². The van der Waals surface area contributed by atoms with Gasteiger partial charge in [-0.2, -0.15) is 8.42 Å². The lowest BCUT2D eigenvalue weighted by atomic mass is 9.90. The summed E-state index contributed by atoms with van der Waals surface area (Å²) in [5.41, 5.74) is 2.84. The van der Waals surface area contributed by atoms with E-state index in [1.165, 1.54) is 6.26 Å². The molecule has 0 aromatic heterocycles. The summed E-state index contributed by atoms with van der Waals surface area (Å²) in [4.78, 5) is 4.39. The summed E-state index contributed by atoms with van der Waals surface area (Å²) in [7, 11) is -6.73. The molecule has 1 saturated carbocycles. The van der Waals surface area contributed by atoms with Gasteiger partial charge in [0.25, 0.3) is 10.1 Å². The maximum Gasteiger partial charge on any atom is 0.264 e. The Morgan fingerprint density at radius 1 is 1.14 bits per heavy atom. The Labute approximate surface area is 126 Å². The molecule has 0 spiro atoms. The number of rotatable bonds is 6. The van der Waals surface area contributed by atoms with Crippen molar-refractivity contribution in [2.75, 3.05) is 19.1 Å². The van der Waals surface area contributed by atoms with E-state index in [9.17, 15) is 16.8 Å². The molecule has 8 heteroatoms. The molecule has 0 saturated heterocycles. The largest absolute Gasteiger partial charge is 0.270 e. The number of hydrogen-bond acceptors (Lipinski definition) is 6. The fraction of sp³-hybridized carbons (Fsp3) is 0.769. The molecule has 0 aromatic carbocycles. The van der Waals surface area contributed by atoms with Crippen molar-refractivity contribution in [3.05, 3.63) is 11.1 Å². The van der Waals surface area contributed by atoms with Gasteiger partial charge in [0, 0.05) is 12.0 Å².